The molecule has 0 aromatic carbocycles. The third-order valence-electron chi connectivity index (χ3n) is 4.38. The van der Waals surface area contributed by atoms with E-state index in [-0.39, 0.29) is 17.1 Å². The molecule has 82 valence electrons. The maximum Gasteiger partial charge on any atom is 0.164 e. The summed E-state index contributed by atoms with van der Waals surface area (Å²) in [7, 11) is 0. The maximum atomic E-state index is 11.9. The molecule has 0 amide bonds. The summed E-state index contributed by atoms with van der Waals surface area (Å²) in [5.74, 6) is 0.484. The normalized spacial score (nSPS) is 41.3. The summed E-state index contributed by atoms with van der Waals surface area (Å²) in [5, 5.41) is 10.6. The molecule has 0 aromatic rings. The number of carbonyl (C=O) groups excluding carboxylic acids is 1. The Morgan fingerprint density at radius 2 is 1.86 bits per heavy atom. The SMILES string of the molecule is CCC(=O)[C@@]1(O)[C@H](C)CC(C)C1(C)C. The molecule has 0 heterocycles. The molecule has 1 aliphatic rings. The third-order valence-corrected chi connectivity index (χ3v) is 4.38. The van der Waals surface area contributed by atoms with Crippen molar-refractivity contribution in [2.75, 3.05) is 0 Å². The fourth-order valence-corrected chi connectivity index (χ4v) is 2.91. The standard InChI is InChI=1S/C12H22O2/c1-6-10(13)12(14)9(3)7-8(2)11(12,4)5/h8-9,14H,6-7H2,1-5H3/t8?,9-,12+/m1/s1. The predicted octanol–water partition coefficient (Wildman–Crippen LogP) is 2.40. The van der Waals surface area contributed by atoms with Gasteiger partial charge in [0, 0.05) is 11.8 Å². The van der Waals surface area contributed by atoms with Crippen LogP contribution in [0.5, 0.6) is 0 Å². The second kappa shape index (κ2) is 3.34. The Bertz CT molecular complexity index is 245. The minimum atomic E-state index is -1.11. The van der Waals surface area contributed by atoms with Crippen molar-refractivity contribution in [3.63, 3.8) is 0 Å². The van der Waals surface area contributed by atoms with Gasteiger partial charge in [-0.3, -0.25) is 4.79 Å². The van der Waals surface area contributed by atoms with Crippen LogP contribution in [0.4, 0.5) is 0 Å². The number of hydrogen-bond acceptors (Lipinski definition) is 2. The fourth-order valence-electron chi connectivity index (χ4n) is 2.91. The molecule has 14 heavy (non-hydrogen) atoms. The van der Waals surface area contributed by atoms with Crippen LogP contribution < -0.4 is 0 Å². The average molecular weight is 198 g/mol. The van der Waals surface area contributed by atoms with Gasteiger partial charge in [0.15, 0.2) is 5.78 Å². The van der Waals surface area contributed by atoms with Crippen LogP contribution in [0.2, 0.25) is 0 Å². The van der Waals surface area contributed by atoms with E-state index in [9.17, 15) is 9.90 Å². The van der Waals surface area contributed by atoms with Crippen LogP contribution in [-0.4, -0.2) is 16.5 Å². The molecule has 0 spiro atoms. The van der Waals surface area contributed by atoms with E-state index in [0.717, 1.165) is 6.42 Å². The van der Waals surface area contributed by atoms with E-state index >= 15 is 0 Å². The number of Topliss-reactive ketones (excluding diaryl/α,β-unsaturated/α-hetero) is 1. The number of carbonyl (C=O) groups is 1. The lowest BCUT2D eigenvalue weighted by molar-refractivity contribution is -0.154. The summed E-state index contributed by atoms with van der Waals surface area (Å²) >= 11 is 0. The van der Waals surface area contributed by atoms with Gasteiger partial charge < -0.3 is 5.11 Å². The lowest BCUT2D eigenvalue weighted by atomic mass is 9.68. The zero-order valence-corrected chi connectivity index (χ0v) is 9.92. The van der Waals surface area contributed by atoms with E-state index in [1.54, 1.807) is 0 Å². The third kappa shape index (κ3) is 1.23. The summed E-state index contributed by atoms with van der Waals surface area (Å²) in [5.41, 5.74) is -1.40. The van der Waals surface area contributed by atoms with E-state index in [4.69, 9.17) is 0 Å². The number of ketones is 1. The molecular formula is C12H22O2. The minimum absolute atomic E-state index is 0.000602. The molecule has 2 nitrogen and oxygen atoms in total. The van der Waals surface area contributed by atoms with Crippen LogP contribution in [0.15, 0.2) is 0 Å². The summed E-state index contributed by atoms with van der Waals surface area (Å²) in [6.45, 7) is 9.95. The Morgan fingerprint density at radius 3 is 2.14 bits per heavy atom. The maximum absolute atomic E-state index is 11.9. The van der Waals surface area contributed by atoms with E-state index in [0.29, 0.717) is 12.3 Å². The first-order chi connectivity index (χ1) is 6.28. The molecule has 0 saturated heterocycles. The first kappa shape index (κ1) is 11.7. The summed E-state index contributed by atoms with van der Waals surface area (Å²) < 4.78 is 0. The van der Waals surface area contributed by atoms with E-state index in [2.05, 4.69) is 6.92 Å². The highest BCUT2D eigenvalue weighted by atomic mass is 16.3. The first-order valence-electron chi connectivity index (χ1n) is 5.54. The molecule has 0 radical (unpaired) electrons. The van der Waals surface area contributed by atoms with Gasteiger partial charge in [-0.15, -0.1) is 0 Å². The lowest BCUT2D eigenvalue weighted by Gasteiger charge is -2.40. The van der Waals surface area contributed by atoms with Gasteiger partial charge in [0.1, 0.15) is 5.60 Å². The predicted molar refractivity (Wildman–Crippen MR) is 57.0 cm³/mol. The van der Waals surface area contributed by atoms with E-state index in [1.165, 1.54) is 0 Å². The largest absolute Gasteiger partial charge is 0.381 e. The molecule has 0 aromatic heterocycles. The average Bonchev–Trinajstić information content (AvgIpc) is 2.27. The molecule has 0 aliphatic heterocycles. The Morgan fingerprint density at radius 1 is 1.36 bits per heavy atom. The molecule has 3 atom stereocenters. The molecule has 2 heteroatoms. The van der Waals surface area contributed by atoms with Gasteiger partial charge in [-0.05, 0) is 18.3 Å². The summed E-state index contributed by atoms with van der Waals surface area (Å²) in [6, 6.07) is 0. The van der Waals surface area contributed by atoms with Crippen LogP contribution in [0.3, 0.4) is 0 Å². The van der Waals surface area contributed by atoms with Crippen LogP contribution in [-0.2, 0) is 4.79 Å². The Labute approximate surface area is 86.7 Å². The van der Waals surface area contributed by atoms with Gasteiger partial charge in [-0.2, -0.15) is 0 Å². The second-order valence-corrected chi connectivity index (χ2v) is 5.30. The van der Waals surface area contributed by atoms with Crippen molar-refractivity contribution in [1.29, 1.82) is 0 Å². The van der Waals surface area contributed by atoms with Gasteiger partial charge in [0.25, 0.3) is 0 Å². The Hall–Kier alpha value is -0.370. The minimum Gasteiger partial charge on any atom is -0.381 e. The number of rotatable bonds is 2. The van der Waals surface area contributed by atoms with Gasteiger partial charge >= 0.3 is 0 Å². The molecular weight excluding hydrogens is 176 g/mol. The van der Waals surface area contributed by atoms with Gasteiger partial charge in [0.2, 0.25) is 0 Å². The second-order valence-electron chi connectivity index (χ2n) is 5.30. The number of aliphatic hydroxyl groups is 1. The van der Waals surface area contributed by atoms with Crippen molar-refractivity contribution < 1.29 is 9.90 Å². The smallest absolute Gasteiger partial charge is 0.164 e. The van der Waals surface area contributed by atoms with Crippen molar-refractivity contribution in [2.45, 2.75) is 53.1 Å². The van der Waals surface area contributed by atoms with Crippen molar-refractivity contribution in [3.8, 4) is 0 Å². The van der Waals surface area contributed by atoms with Crippen LogP contribution >= 0.6 is 0 Å². The summed E-state index contributed by atoms with van der Waals surface area (Å²) in [4.78, 5) is 11.9. The topological polar surface area (TPSA) is 37.3 Å². The van der Waals surface area contributed by atoms with Crippen molar-refractivity contribution in [3.05, 3.63) is 0 Å². The highest BCUT2D eigenvalue weighted by Crippen LogP contribution is 2.53. The molecule has 1 aliphatic carbocycles. The van der Waals surface area contributed by atoms with E-state index in [1.807, 2.05) is 27.7 Å². The van der Waals surface area contributed by atoms with Crippen molar-refractivity contribution in [1.82, 2.24) is 0 Å². The molecule has 1 rings (SSSR count). The monoisotopic (exact) mass is 198 g/mol. The molecule has 1 saturated carbocycles. The summed E-state index contributed by atoms with van der Waals surface area (Å²) in [6.07, 6.45) is 1.37. The lowest BCUT2D eigenvalue weighted by Crippen LogP contribution is -2.52. The zero-order valence-electron chi connectivity index (χ0n) is 9.92. The van der Waals surface area contributed by atoms with Gasteiger partial charge in [-0.1, -0.05) is 34.6 Å². The first-order valence-corrected chi connectivity index (χ1v) is 5.54. The molecule has 0 bridgehead atoms. The zero-order chi connectivity index (χ0) is 11.1. The van der Waals surface area contributed by atoms with Crippen LogP contribution in [0.25, 0.3) is 0 Å². The molecule has 1 N–H and O–H groups in total. The fraction of sp³-hybridized carbons (Fsp3) is 0.917. The van der Waals surface area contributed by atoms with Gasteiger partial charge in [-0.25, -0.2) is 0 Å². The van der Waals surface area contributed by atoms with Gasteiger partial charge in [0.05, 0.1) is 0 Å². The van der Waals surface area contributed by atoms with Crippen LogP contribution in [0.1, 0.15) is 47.5 Å². The van der Waals surface area contributed by atoms with Crippen molar-refractivity contribution >= 4 is 5.78 Å². The molecule has 1 unspecified atom stereocenters. The quantitative estimate of drug-likeness (QED) is 0.739. The van der Waals surface area contributed by atoms with Crippen LogP contribution in [0, 0.1) is 17.3 Å². The highest BCUT2D eigenvalue weighted by molar-refractivity contribution is 5.88. The molecule has 1 fully saturated rings. The van der Waals surface area contributed by atoms with Crippen molar-refractivity contribution in [2.24, 2.45) is 17.3 Å². The Kier molecular flexibility index (Phi) is 2.79. The highest BCUT2D eigenvalue weighted by Gasteiger charge is 2.59. The van der Waals surface area contributed by atoms with E-state index < -0.39 is 5.60 Å². The Balaban J connectivity index is 3.12. The number of hydrogen-bond donors (Lipinski definition) is 1.